The number of hydrogen-bond donors (Lipinski definition) is 2. The van der Waals surface area contributed by atoms with Gasteiger partial charge >= 0.3 is 0 Å². The molecule has 2 N–H and O–H groups in total. The predicted molar refractivity (Wildman–Crippen MR) is 92.0 cm³/mol. The zero-order chi connectivity index (χ0) is 16.9. The zero-order valence-corrected chi connectivity index (χ0v) is 13.7. The maximum absolute atomic E-state index is 12.3. The normalized spacial score (nSPS) is 20.5. The highest BCUT2D eigenvalue weighted by atomic mass is 16.5. The highest BCUT2D eigenvalue weighted by molar-refractivity contribution is 5.93. The Morgan fingerprint density at radius 2 is 2.04 bits per heavy atom. The molecule has 1 aliphatic heterocycles. The summed E-state index contributed by atoms with van der Waals surface area (Å²) in [4.78, 5) is 26.8. The third-order valence-electron chi connectivity index (χ3n) is 4.40. The Balaban J connectivity index is 1.68. The van der Waals surface area contributed by atoms with Crippen LogP contribution in [-0.4, -0.2) is 24.0 Å². The molecule has 2 atom stereocenters. The lowest BCUT2D eigenvalue weighted by molar-refractivity contribution is -0.0272. The number of nitrogens with one attached hydrogen (secondary N) is 2. The van der Waals surface area contributed by atoms with Gasteiger partial charge in [0, 0.05) is 24.8 Å². The first-order valence-electron chi connectivity index (χ1n) is 8.30. The van der Waals surface area contributed by atoms with Gasteiger partial charge in [-0.05, 0) is 37.5 Å². The van der Waals surface area contributed by atoms with E-state index in [-0.39, 0.29) is 29.1 Å². The van der Waals surface area contributed by atoms with Crippen molar-refractivity contribution in [2.75, 3.05) is 13.2 Å². The largest absolute Gasteiger partial charge is 0.373 e. The van der Waals surface area contributed by atoms with Gasteiger partial charge in [0.05, 0.1) is 6.10 Å². The van der Waals surface area contributed by atoms with E-state index in [1.54, 1.807) is 19.1 Å². The second-order valence-corrected chi connectivity index (χ2v) is 6.20. The first-order chi connectivity index (χ1) is 11.6. The third-order valence-corrected chi connectivity index (χ3v) is 4.40. The molecular formula is C19H22N2O3. The van der Waals surface area contributed by atoms with Crippen molar-refractivity contribution in [1.82, 2.24) is 10.3 Å². The van der Waals surface area contributed by atoms with Crippen LogP contribution in [0.15, 0.2) is 47.3 Å². The van der Waals surface area contributed by atoms with E-state index in [0.717, 1.165) is 30.7 Å². The van der Waals surface area contributed by atoms with Crippen LogP contribution >= 0.6 is 0 Å². The highest BCUT2D eigenvalue weighted by Crippen LogP contribution is 2.33. The molecule has 0 spiro atoms. The van der Waals surface area contributed by atoms with Crippen molar-refractivity contribution in [2.24, 2.45) is 5.92 Å². The van der Waals surface area contributed by atoms with Crippen LogP contribution in [0.5, 0.6) is 0 Å². The van der Waals surface area contributed by atoms with Gasteiger partial charge in [-0.25, -0.2) is 0 Å². The molecule has 0 aliphatic carbocycles. The lowest BCUT2D eigenvalue weighted by atomic mass is 9.89. The van der Waals surface area contributed by atoms with E-state index in [9.17, 15) is 9.59 Å². The number of aromatic nitrogens is 1. The van der Waals surface area contributed by atoms with Crippen molar-refractivity contribution in [3.8, 4) is 0 Å². The van der Waals surface area contributed by atoms with Crippen LogP contribution in [0.1, 0.15) is 40.6 Å². The fourth-order valence-corrected chi connectivity index (χ4v) is 3.13. The second kappa shape index (κ2) is 7.45. The summed E-state index contributed by atoms with van der Waals surface area (Å²) in [5.74, 6) is -0.136. The van der Waals surface area contributed by atoms with E-state index in [1.165, 1.54) is 0 Å². The summed E-state index contributed by atoms with van der Waals surface area (Å²) in [6.07, 6.45) is 1.95. The predicted octanol–water partition coefficient (Wildman–Crippen LogP) is 2.58. The fraction of sp³-hybridized carbons (Fsp3) is 0.368. The fourth-order valence-electron chi connectivity index (χ4n) is 3.13. The van der Waals surface area contributed by atoms with E-state index < -0.39 is 0 Å². The lowest BCUT2D eigenvalue weighted by Crippen LogP contribution is -2.37. The van der Waals surface area contributed by atoms with Crippen molar-refractivity contribution < 1.29 is 9.53 Å². The minimum absolute atomic E-state index is 0.0171. The number of amides is 1. The molecule has 2 heterocycles. The van der Waals surface area contributed by atoms with Gasteiger partial charge < -0.3 is 15.0 Å². The van der Waals surface area contributed by atoms with Gasteiger partial charge in [-0.15, -0.1) is 0 Å². The lowest BCUT2D eigenvalue weighted by Gasteiger charge is -2.32. The third kappa shape index (κ3) is 3.74. The molecule has 1 aromatic heterocycles. The van der Waals surface area contributed by atoms with Crippen molar-refractivity contribution in [2.45, 2.75) is 25.9 Å². The van der Waals surface area contributed by atoms with Gasteiger partial charge in [0.25, 0.3) is 11.5 Å². The van der Waals surface area contributed by atoms with E-state index in [2.05, 4.69) is 22.4 Å². The first-order valence-corrected chi connectivity index (χ1v) is 8.30. The molecule has 1 fully saturated rings. The van der Waals surface area contributed by atoms with Crippen molar-refractivity contribution >= 4 is 5.91 Å². The number of aryl methyl sites for hydroxylation is 1. The number of rotatable bonds is 4. The molecule has 5 nitrogen and oxygen atoms in total. The van der Waals surface area contributed by atoms with Crippen molar-refractivity contribution in [1.29, 1.82) is 0 Å². The number of ether oxygens (including phenoxy) is 1. The summed E-state index contributed by atoms with van der Waals surface area (Å²) in [6, 6.07) is 13.4. The van der Waals surface area contributed by atoms with Gasteiger partial charge in [-0.2, -0.15) is 0 Å². The molecule has 0 radical (unpaired) electrons. The van der Waals surface area contributed by atoms with E-state index >= 15 is 0 Å². The smallest absolute Gasteiger partial charge is 0.260 e. The van der Waals surface area contributed by atoms with Gasteiger partial charge in [0.2, 0.25) is 0 Å². The average molecular weight is 326 g/mol. The van der Waals surface area contributed by atoms with Crippen LogP contribution in [0.3, 0.4) is 0 Å². The molecular weight excluding hydrogens is 304 g/mol. The van der Waals surface area contributed by atoms with Gasteiger partial charge in [0.15, 0.2) is 0 Å². The van der Waals surface area contributed by atoms with E-state index in [4.69, 9.17) is 4.74 Å². The summed E-state index contributed by atoms with van der Waals surface area (Å²) in [6.45, 7) is 3.01. The molecule has 1 amide bonds. The number of hydrogen-bond acceptors (Lipinski definition) is 3. The summed E-state index contributed by atoms with van der Waals surface area (Å²) < 4.78 is 5.93. The zero-order valence-electron chi connectivity index (χ0n) is 13.7. The van der Waals surface area contributed by atoms with Crippen molar-refractivity contribution in [3.05, 3.63) is 69.6 Å². The quantitative estimate of drug-likeness (QED) is 0.907. The van der Waals surface area contributed by atoms with Crippen LogP contribution in [0, 0.1) is 12.8 Å². The van der Waals surface area contributed by atoms with Gasteiger partial charge in [0.1, 0.15) is 5.56 Å². The Bertz CT molecular complexity index is 755. The summed E-state index contributed by atoms with van der Waals surface area (Å²) in [5, 5.41) is 2.89. The summed E-state index contributed by atoms with van der Waals surface area (Å²) >= 11 is 0. The van der Waals surface area contributed by atoms with Crippen LogP contribution in [0.2, 0.25) is 0 Å². The molecule has 24 heavy (non-hydrogen) atoms. The molecule has 1 saturated heterocycles. The minimum Gasteiger partial charge on any atom is -0.373 e. The molecule has 3 rings (SSSR count). The molecule has 1 aliphatic rings. The van der Waals surface area contributed by atoms with Crippen LogP contribution in [0.25, 0.3) is 0 Å². The maximum Gasteiger partial charge on any atom is 0.260 e. The molecule has 2 aromatic rings. The summed E-state index contributed by atoms with van der Waals surface area (Å²) in [5.41, 5.74) is 1.66. The van der Waals surface area contributed by atoms with E-state index in [1.807, 2.05) is 18.2 Å². The van der Waals surface area contributed by atoms with Crippen LogP contribution in [0.4, 0.5) is 0 Å². The Morgan fingerprint density at radius 1 is 1.25 bits per heavy atom. The molecule has 126 valence electrons. The van der Waals surface area contributed by atoms with Gasteiger partial charge in [-0.3, -0.25) is 9.59 Å². The number of carbonyl (C=O) groups excluding carboxylic acids is 1. The first kappa shape index (κ1) is 16.5. The van der Waals surface area contributed by atoms with E-state index in [0.29, 0.717) is 6.54 Å². The monoisotopic (exact) mass is 326 g/mol. The number of carbonyl (C=O) groups is 1. The maximum atomic E-state index is 12.3. The van der Waals surface area contributed by atoms with Crippen LogP contribution in [-0.2, 0) is 4.74 Å². The number of pyridine rings is 1. The highest BCUT2D eigenvalue weighted by Gasteiger charge is 2.28. The Labute approximate surface area is 141 Å². The van der Waals surface area contributed by atoms with Crippen LogP contribution < -0.4 is 10.9 Å². The Hall–Kier alpha value is -2.40. The molecule has 1 aromatic carbocycles. The molecule has 0 saturated carbocycles. The second-order valence-electron chi connectivity index (χ2n) is 6.20. The average Bonchev–Trinajstić information content (AvgIpc) is 2.61. The Kier molecular flexibility index (Phi) is 5.11. The minimum atomic E-state index is -0.355. The Morgan fingerprint density at radius 3 is 2.79 bits per heavy atom. The number of aromatic amines is 1. The SMILES string of the molecule is Cc1ccc(C(=O)NC[C@H]2CCCO[C@H]2c2ccccc2)c(=O)[nH]1. The molecule has 0 bridgehead atoms. The number of benzene rings is 1. The molecule has 5 heteroatoms. The molecule has 0 unspecified atom stereocenters. The standard InChI is InChI=1S/C19H22N2O3/c1-13-9-10-16(19(23)21-13)18(22)20-12-15-8-5-11-24-17(15)14-6-3-2-4-7-14/h2-4,6-7,9-10,15,17H,5,8,11-12H2,1H3,(H,20,22)(H,21,23)/t15-,17+/m1/s1. The van der Waals surface area contributed by atoms with Gasteiger partial charge in [-0.1, -0.05) is 30.3 Å². The van der Waals surface area contributed by atoms with Crippen molar-refractivity contribution in [3.63, 3.8) is 0 Å². The number of H-pyrrole nitrogens is 1. The summed E-state index contributed by atoms with van der Waals surface area (Å²) in [7, 11) is 0. The topological polar surface area (TPSA) is 71.2 Å².